The van der Waals surface area contributed by atoms with Crippen molar-refractivity contribution in [1.82, 2.24) is 9.88 Å². The van der Waals surface area contributed by atoms with Gasteiger partial charge in [0.1, 0.15) is 0 Å². The second-order valence-corrected chi connectivity index (χ2v) is 8.41. The number of anilines is 2. The Labute approximate surface area is 157 Å². The highest BCUT2D eigenvalue weighted by molar-refractivity contribution is 7.22. The van der Waals surface area contributed by atoms with Crippen molar-refractivity contribution in [2.24, 2.45) is 5.92 Å². The van der Waals surface area contributed by atoms with Crippen molar-refractivity contribution in [3.63, 3.8) is 0 Å². The summed E-state index contributed by atoms with van der Waals surface area (Å²) >= 11 is 1.67. The molecule has 1 unspecified atom stereocenters. The predicted molar refractivity (Wildman–Crippen MR) is 105 cm³/mol. The van der Waals surface area contributed by atoms with E-state index in [9.17, 15) is 9.59 Å². The molecule has 0 bridgehead atoms. The van der Waals surface area contributed by atoms with Gasteiger partial charge >= 0.3 is 0 Å². The minimum atomic E-state index is -0.276. The Bertz CT molecular complexity index is 841. The van der Waals surface area contributed by atoms with E-state index < -0.39 is 0 Å². The van der Waals surface area contributed by atoms with Gasteiger partial charge in [0.15, 0.2) is 5.13 Å². The summed E-state index contributed by atoms with van der Waals surface area (Å²) < 4.78 is 1.08. The fourth-order valence-electron chi connectivity index (χ4n) is 3.68. The zero-order valence-corrected chi connectivity index (χ0v) is 16.0. The van der Waals surface area contributed by atoms with Crippen LogP contribution in [0.25, 0.3) is 10.2 Å². The number of nitrogens with zero attached hydrogens (tertiary/aromatic N) is 3. The highest BCUT2D eigenvalue weighted by Crippen LogP contribution is 2.32. The molecule has 0 spiro atoms. The van der Waals surface area contributed by atoms with Crippen molar-refractivity contribution >= 4 is 44.2 Å². The Morgan fingerprint density at radius 3 is 2.77 bits per heavy atom. The molecule has 138 valence electrons. The van der Waals surface area contributed by atoms with Gasteiger partial charge in [-0.25, -0.2) is 4.98 Å². The first-order chi connectivity index (χ1) is 12.5. The molecule has 2 fully saturated rings. The van der Waals surface area contributed by atoms with Gasteiger partial charge in [-0.1, -0.05) is 11.3 Å². The predicted octanol–water partition coefficient (Wildman–Crippen LogP) is 3.09. The number of hydrogen-bond acceptors (Lipinski definition) is 5. The zero-order chi connectivity index (χ0) is 18.3. The van der Waals surface area contributed by atoms with Crippen LogP contribution in [0.15, 0.2) is 18.2 Å². The molecular weight excluding hydrogens is 348 g/mol. The Balaban J connectivity index is 1.47. The van der Waals surface area contributed by atoms with Crippen molar-refractivity contribution in [2.45, 2.75) is 39.2 Å². The molecule has 7 heteroatoms. The summed E-state index contributed by atoms with van der Waals surface area (Å²) in [6.07, 6.45) is 2.75. The fourth-order valence-corrected chi connectivity index (χ4v) is 4.74. The second kappa shape index (κ2) is 6.87. The number of likely N-dealkylation sites (tertiary alicyclic amines) is 1. The van der Waals surface area contributed by atoms with E-state index in [2.05, 4.69) is 10.2 Å². The van der Waals surface area contributed by atoms with Crippen molar-refractivity contribution in [3.8, 4) is 0 Å². The molecule has 0 saturated carbocycles. The van der Waals surface area contributed by atoms with E-state index >= 15 is 0 Å². The summed E-state index contributed by atoms with van der Waals surface area (Å²) in [4.78, 5) is 33.4. The SMILES string of the molecule is CC(C)N1CC(C(=O)Nc2ccc3nc(N4CCCC4)sc3c2)CC1=O. The van der Waals surface area contributed by atoms with E-state index in [1.807, 2.05) is 32.0 Å². The Kier molecular flexibility index (Phi) is 4.56. The van der Waals surface area contributed by atoms with Gasteiger partial charge in [-0.15, -0.1) is 0 Å². The topological polar surface area (TPSA) is 65.5 Å². The van der Waals surface area contributed by atoms with Gasteiger partial charge in [0.25, 0.3) is 0 Å². The third kappa shape index (κ3) is 3.28. The van der Waals surface area contributed by atoms with E-state index in [0.29, 0.717) is 13.0 Å². The number of rotatable bonds is 4. The molecule has 0 radical (unpaired) electrons. The van der Waals surface area contributed by atoms with E-state index in [-0.39, 0.29) is 23.8 Å². The van der Waals surface area contributed by atoms with Crippen LogP contribution in [0.5, 0.6) is 0 Å². The molecule has 0 aliphatic carbocycles. The highest BCUT2D eigenvalue weighted by atomic mass is 32.1. The van der Waals surface area contributed by atoms with Crippen LogP contribution in [-0.2, 0) is 9.59 Å². The van der Waals surface area contributed by atoms with Crippen molar-refractivity contribution in [1.29, 1.82) is 0 Å². The van der Waals surface area contributed by atoms with Gasteiger partial charge in [-0.05, 0) is 44.9 Å². The lowest BCUT2D eigenvalue weighted by atomic mass is 10.1. The lowest BCUT2D eigenvalue weighted by Gasteiger charge is -2.20. The Morgan fingerprint density at radius 2 is 2.08 bits per heavy atom. The van der Waals surface area contributed by atoms with Crippen molar-refractivity contribution in [3.05, 3.63) is 18.2 Å². The number of carbonyl (C=O) groups excluding carboxylic acids is 2. The summed E-state index contributed by atoms with van der Waals surface area (Å²) in [6.45, 7) is 6.61. The molecule has 2 aromatic rings. The van der Waals surface area contributed by atoms with Crippen molar-refractivity contribution in [2.75, 3.05) is 29.9 Å². The first kappa shape index (κ1) is 17.3. The summed E-state index contributed by atoms with van der Waals surface area (Å²) in [5.41, 5.74) is 1.74. The van der Waals surface area contributed by atoms with Crippen LogP contribution in [-0.4, -0.2) is 47.4 Å². The van der Waals surface area contributed by atoms with E-state index in [4.69, 9.17) is 4.98 Å². The van der Waals surface area contributed by atoms with E-state index in [1.54, 1.807) is 16.2 Å². The number of nitrogens with one attached hydrogen (secondary N) is 1. The van der Waals surface area contributed by atoms with Gasteiger partial charge in [-0.2, -0.15) is 0 Å². The maximum absolute atomic E-state index is 12.6. The quantitative estimate of drug-likeness (QED) is 0.896. The third-order valence-corrected chi connectivity index (χ3v) is 6.25. The summed E-state index contributed by atoms with van der Waals surface area (Å²) in [5.74, 6) is -0.291. The van der Waals surface area contributed by atoms with Crippen LogP contribution in [0, 0.1) is 5.92 Å². The molecule has 4 rings (SSSR count). The van der Waals surface area contributed by atoms with Crippen molar-refractivity contribution < 1.29 is 9.59 Å². The number of carbonyl (C=O) groups is 2. The van der Waals surface area contributed by atoms with Gasteiger partial charge in [0.05, 0.1) is 16.1 Å². The summed E-state index contributed by atoms with van der Waals surface area (Å²) in [7, 11) is 0. The van der Waals surface area contributed by atoms with Crippen LogP contribution < -0.4 is 10.2 Å². The molecule has 1 atom stereocenters. The van der Waals surface area contributed by atoms with Crippen LogP contribution in [0.2, 0.25) is 0 Å². The monoisotopic (exact) mass is 372 g/mol. The number of hydrogen-bond donors (Lipinski definition) is 1. The lowest BCUT2D eigenvalue weighted by Crippen LogP contribution is -2.33. The Morgan fingerprint density at radius 1 is 1.31 bits per heavy atom. The van der Waals surface area contributed by atoms with Crippen LogP contribution in [0.4, 0.5) is 10.8 Å². The second-order valence-electron chi connectivity index (χ2n) is 7.40. The Hall–Kier alpha value is -2.15. The van der Waals surface area contributed by atoms with Crippen LogP contribution >= 0.6 is 11.3 Å². The standard InChI is InChI=1S/C19H24N4O2S/c1-12(2)23-11-13(9-17(23)24)18(25)20-14-5-6-15-16(10-14)26-19(21-15)22-7-3-4-8-22/h5-6,10,12-13H,3-4,7-9,11H2,1-2H3,(H,20,25). The van der Waals surface area contributed by atoms with Gasteiger partial charge in [-0.3, -0.25) is 9.59 Å². The summed E-state index contributed by atoms with van der Waals surface area (Å²) in [6, 6.07) is 5.98. The van der Waals surface area contributed by atoms with E-state index in [0.717, 1.165) is 34.1 Å². The molecule has 2 aliphatic heterocycles. The molecule has 6 nitrogen and oxygen atoms in total. The number of amides is 2. The van der Waals surface area contributed by atoms with Crippen LogP contribution in [0.1, 0.15) is 33.1 Å². The smallest absolute Gasteiger partial charge is 0.229 e. The maximum atomic E-state index is 12.6. The third-order valence-electron chi connectivity index (χ3n) is 5.17. The summed E-state index contributed by atoms with van der Waals surface area (Å²) in [5, 5.41) is 4.05. The fraction of sp³-hybridized carbons (Fsp3) is 0.526. The molecule has 1 aromatic heterocycles. The molecule has 26 heavy (non-hydrogen) atoms. The number of fused-ring (bicyclic) bond motifs is 1. The maximum Gasteiger partial charge on any atom is 0.229 e. The molecule has 2 amide bonds. The number of thiazole rings is 1. The minimum Gasteiger partial charge on any atom is -0.348 e. The normalized spacial score (nSPS) is 20.6. The highest BCUT2D eigenvalue weighted by Gasteiger charge is 2.35. The lowest BCUT2D eigenvalue weighted by molar-refractivity contribution is -0.129. The molecule has 2 aliphatic rings. The molecular formula is C19H24N4O2S. The number of aromatic nitrogens is 1. The van der Waals surface area contributed by atoms with Gasteiger partial charge in [0.2, 0.25) is 11.8 Å². The first-order valence-electron chi connectivity index (χ1n) is 9.27. The molecule has 3 heterocycles. The average molecular weight is 372 g/mol. The molecule has 1 N–H and O–H groups in total. The van der Waals surface area contributed by atoms with Gasteiger partial charge < -0.3 is 15.1 Å². The average Bonchev–Trinajstić information content (AvgIpc) is 3.32. The van der Waals surface area contributed by atoms with E-state index in [1.165, 1.54) is 12.8 Å². The first-order valence-corrected chi connectivity index (χ1v) is 10.1. The largest absolute Gasteiger partial charge is 0.348 e. The van der Waals surface area contributed by atoms with Crippen LogP contribution in [0.3, 0.4) is 0 Å². The molecule has 2 saturated heterocycles. The number of benzene rings is 1. The van der Waals surface area contributed by atoms with Gasteiger partial charge in [0, 0.05) is 37.8 Å². The minimum absolute atomic E-state index is 0.0633. The zero-order valence-electron chi connectivity index (χ0n) is 15.2. The molecule has 1 aromatic carbocycles.